The molecule has 3 rings (SSSR count). The predicted octanol–water partition coefficient (Wildman–Crippen LogP) is 3.88. The quantitative estimate of drug-likeness (QED) is 0.716. The third kappa shape index (κ3) is 5.16. The molecule has 0 saturated heterocycles. The molecule has 0 bridgehead atoms. The minimum atomic E-state index is -3.88. The van der Waals surface area contributed by atoms with E-state index in [1.807, 2.05) is 13.0 Å². The number of aryl methyl sites for hydroxylation is 2. The van der Waals surface area contributed by atoms with E-state index in [-0.39, 0.29) is 11.7 Å². The predicted molar refractivity (Wildman–Crippen MR) is 113 cm³/mol. The Morgan fingerprint density at radius 2 is 1.77 bits per heavy atom. The highest BCUT2D eigenvalue weighted by atomic mass is 32.2. The van der Waals surface area contributed by atoms with Crippen LogP contribution in [0.25, 0.3) is 0 Å². The molecule has 5 nitrogen and oxygen atoms in total. The molecular formula is C22H26F2N2O3S. The standard InChI is InChI=1S/C22H26F2N2O3S/c1-3-21(17-9-8-15-6-4-5-7-16(15)12-17)25-22(27)14-26(30(2,28)29)18-10-11-19(23)20(24)13-18/h8-13,21H,3-7,14H2,1-2H3,(H,25,27)/t21-/m0/s1. The smallest absolute Gasteiger partial charge is 0.241 e. The summed E-state index contributed by atoms with van der Waals surface area (Å²) in [6.07, 6.45) is 5.97. The van der Waals surface area contributed by atoms with E-state index in [0.29, 0.717) is 6.42 Å². The number of nitrogens with one attached hydrogen (secondary N) is 1. The van der Waals surface area contributed by atoms with Gasteiger partial charge in [0.15, 0.2) is 11.6 Å². The van der Waals surface area contributed by atoms with Crippen LogP contribution in [0.15, 0.2) is 36.4 Å². The molecule has 0 spiro atoms. The molecule has 1 aliphatic rings. The second-order valence-corrected chi connectivity index (χ2v) is 9.54. The average Bonchev–Trinajstić information content (AvgIpc) is 2.71. The van der Waals surface area contributed by atoms with Gasteiger partial charge in [0.1, 0.15) is 6.54 Å². The lowest BCUT2D eigenvalue weighted by atomic mass is 9.89. The molecule has 30 heavy (non-hydrogen) atoms. The minimum absolute atomic E-state index is 0.103. The zero-order valence-electron chi connectivity index (χ0n) is 17.1. The summed E-state index contributed by atoms with van der Waals surface area (Å²) in [5.74, 6) is -2.79. The number of carbonyl (C=O) groups excluding carboxylic acids is 1. The summed E-state index contributed by atoms with van der Waals surface area (Å²) < 4.78 is 51.9. The maximum Gasteiger partial charge on any atom is 0.241 e. The van der Waals surface area contributed by atoms with E-state index >= 15 is 0 Å². The summed E-state index contributed by atoms with van der Waals surface area (Å²) in [6, 6.07) is 8.69. The largest absolute Gasteiger partial charge is 0.348 e. The van der Waals surface area contributed by atoms with Gasteiger partial charge in [-0.25, -0.2) is 17.2 Å². The number of halogens is 2. The fourth-order valence-electron chi connectivity index (χ4n) is 3.80. The topological polar surface area (TPSA) is 66.5 Å². The summed E-state index contributed by atoms with van der Waals surface area (Å²) in [5.41, 5.74) is 3.51. The van der Waals surface area contributed by atoms with Gasteiger partial charge in [-0.2, -0.15) is 0 Å². The number of rotatable bonds is 7. The van der Waals surface area contributed by atoms with Crippen LogP contribution in [0.4, 0.5) is 14.5 Å². The first-order valence-corrected chi connectivity index (χ1v) is 11.9. The molecule has 8 heteroatoms. The van der Waals surface area contributed by atoms with Gasteiger partial charge in [0.25, 0.3) is 0 Å². The lowest BCUT2D eigenvalue weighted by molar-refractivity contribution is -0.120. The molecule has 1 atom stereocenters. The third-order valence-electron chi connectivity index (χ3n) is 5.40. The summed E-state index contributed by atoms with van der Waals surface area (Å²) in [5, 5.41) is 2.88. The highest BCUT2D eigenvalue weighted by Gasteiger charge is 2.24. The van der Waals surface area contributed by atoms with Gasteiger partial charge in [0.05, 0.1) is 18.0 Å². The molecule has 0 fully saturated rings. The van der Waals surface area contributed by atoms with E-state index in [1.165, 1.54) is 17.5 Å². The summed E-state index contributed by atoms with van der Waals surface area (Å²) in [4.78, 5) is 12.7. The van der Waals surface area contributed by atoms with Gasteiger partial charge in [0, 0.05) is 6.07 Å². The van der Waals surface area contributed by atoms with Crippen molar-refractivity contribution in [2.24, 2.45) is 0 Å². The number of sulfonamides is 1. The van der Waals surface area contributed by atoms with E-state index in [1.54, 1.807) is 0 Å². The van der Waals surface area contributed by atoms with E-state index in [4.69, 9.17) is 0 Å². The highest BCUT2D eigenvalue weighted by molar-refractivity contribution is 7.92. The van der Waals surface area contributed by atoms with E-state index in [9.17, 15) is 22.0 Å². The average molecular weight is 437 g/mol. The van der Waals surface area contributed by atoms with Gasteiger partial charge >= 0.3 is 0 Å². The van der Waals surface area contributed by atoms with Crippen LogP contribution in [0, 0.1) is 11.6 Å². The summed E-state index contributed by atoms with van der Waals surface area (Å²) >= 11 is 0. The number of anilines is 1. The van der Waals surface area contributed by atoms with Crippen molar-refractivity contribution in [3.8, 4) is 0 Å². The second kappa shape index (κ2) is 9.12. The monoisotopic (exact) mass is 436 g/mol. The van der Waals surface area contributed by atoms with Crippen molar-refractivity contribution < 1.29 is 22.0 Å². The molecule has 2 aromatic rings. The molecule has 0 aromatic heterocycles. The van der Waals surface area contributed by atoms with Gasteiger partial charge in [-0.1, -0.05) is 25.1 Å². The fraction of sp³-hybridized carbons (Fsp3) is 0.409. The Hall–Kier alpha value is -2.48. The normalized spacial score (nSPS) is 14.7. The Morgan fingerprint density at radius 1 is 1.07 bits per heavy atom. The van der Waals surface area contributed by atoms with Gasteiger partial charge < -0.3 is 5.32 Å². The minimum Gasteiger partial charge on any atom is -0.348 e. The zero-order valence-corrected chi connectivity index (χ0v) is 17.9. The summed E-state index contributed by atoms with van der Waals surface area (Å²) in [6.45, 7) is 1.42. The van der Waals surface area contributed by atoms with E-state index in [2.05, 4.69) is 17.4 Å². The van der Waals surface area contributed by atoms with Gasteiger partial charge in [-0.15, -0.1) is 0 Å². The lowest BCUT2D eigenvalue weighted by Crippen LogP contribution is -2.41. The molecule has 0 radical (unpaired) electrons. The van der Waals surface area contributed by atoms with Crippen molar-refractivity contribution in [1.82, 2.24) is 5.32 Å². The molecule has 0 heterocycles. The molecule has 0 unspecified atom stereocenters. The Bertz CT molecular complexity index is 1040. The number of nitrogens with zero attached hydrogens (tertiary/aromatic N) is 1. The molecule has 0 saturated carbocycles. The van der Waals surface area contributed by atoms with Crippen LogP contribution >= 0.6 is 0 Å². The van der Waals surface area contributed by atoms with Crippen LogP contribution < -0.4 is 9.62 Å². The zero-order chi connectivity index (χ0) is 21.9. The Balaban J connectivity index is 1.77. The molecule has 1 N–H and O–H groups in total. The van der Waals surface area contributed by atoms with Crippen molar-refractivity contribution in [3.05, 3.63) is 64.7 Å². The van der Waals surface area contributed by atoms with Crippen LogP contribution in [0.2, 0.25) is 0 Å². The summed E-state index contributed by atoms with van der Waals surface area (Å²) in [7, 11) is -3.88. The molecule has 162 valence electrons. The van der Waals surface area contributed by atoms with Crippen LogP contribution in [0.1, 0.15) is 48.9 Å². The molecule has 0 aliphatic heterocycles. The van der Waals surface area contributed by atoms with Crippen molar-refractivity contribution in [1.29, 1.82) is 0 Å². The second-order valence-electron chi connectivity index (χ2n) is 7.63. The number of hydrogen-bond acceptors (Lipinski definition) is 3. The number of hydrogen-bond donors (Lipinski definition) is 1. The first kappa shape index (κ1) is 22.2. The van der Waals surface area contributed by atoms with Gasteiger partial charge in [-0.3, -0.25) is 9.10 Å². The Kier molecular flexibility index (Phi) is 6.75. The molecule has 1 aliphatic carbocycles. The lowest BCUT2D eigenvalue weighted by Gasteiger charge is -2.25. The number of carbonyl (C=O) groups is 1. The van der Waals surface area contributed by atoms with Crippen LogP contribution in [-0.4, -0.2) is 27.1 Å². The van der Waals surface area contributed by atoms with Crippen molar-refractivity contribution in [2.45, 2.75) is 45.1 Å². The fourth-order valence-corrected chi connectivity index (χ4v) is 4.65. The van der Waals surface area contributed by atoms with Crippen LogP contribution in [-0.2, 0) is 27.7 Å². The van der Waals surface area contributed by atoms with Crippen molar-refractivity contribution in [2.75, 3.05) is 17.1 Å². The maximum absolute atomic E-state index is 13.6. The molecule has 1 amide bonds. The molecule has 2 aromatic carbocycles. The molecular weight excluding hydrogens is 410 g/mol. The van der Waals surface area contributed by atoms with Gasteiger partial charge in [0.2, 0.25) is 15.9 Å². The van der Waals surface area contributed by atoms with E-state index < -0.39 is 34.1 Å². The van der Waals surface area contributed by atoms with Crippen LogP contribution in [0.3, 0.4) is 0 Å². The van der Waals surface area contributed by atoms with E-state index in [0.717, 1.165) is 53.6 Å². The SMILES string of the molecule is CC[C@H](NC(=O)CN(c1ccc(F)c(F)c1)S(C)(=O)=O)c1ccc2c(c1)CCCC2. The number of fused-ring (bicyclic) bond motifs is 1. The Morgan fingerprint density at radius 3 is 2.40 bits per heavy atom. The highest BCUT2D eigenvalue weighted by Crippen LogP contribution is 2.26. The van der Waals surface area contributed by atoms with Crippen molar-refractivity contribution >= 4 is 21.6 Å². The maximum atomic E-state index is 13.6. The third-order valence-corrected chi connectivity index (χ3v) is 6.54. The number of amides is 1. The van der Waals surface area contributed by atoms with Gasteiger partial charge in [-0.05, 0) is 60.9 Å². The first-order valence-electron chi connectivity index (χ1n) is 10.0. The first-order chi connectivity index (χ1) is 14.2. The van der Waals surface area contributed by atoms with Crippen LogP contribution in [0.5, 0.6) is 0 Å². The number of benzene rings is 2. The Labute approximate surface area is 176 Å². The van der Waals surface area contributed by atoms with Crippen molar-refractivity contribution in [3.63, 3.8) is 0 Å².